The SMILES string of the molecule is NCC1(Cc2nc(-c3ccc(F)c(F)c3Br)no2)CCC1. The lowest BCUT2D eigenvalue weighted by Crippen LogP contribution is -2.39. The second kappa shape index (κ2) is 5.46. The normalized spacial score (nSPS) is 16.8. The fourth-order valence-electron chi connectivity index (χ4n) is 2.59. The highest BCUT2D eigenvalue weighted by Crippen LogP contribution is 2.42. The van der Waals surface area contributed by atoms with Gasteiger partial charge in [0.2, 0.25) is 11.7 Å². The summed E-state index contributed by atoms with van der Waals surface area (Å²) < 4.78 is 31.9. The fourth-order valence-corrected chi connectivity index (χ4v) is 3.08. The monoisotopic (exact) mass is 357 g/mol. The Bertz CT molecular complexity index is 665. The van der Waals surface area contributed by atoms with Crippen LogP contribution in [0.15, 0.2) is 21.1 Å². The molecule has 0 unspecified atom stereocenters. The van der Waals surface area contributed by atoms with E-state index in [0.717, 1.165) is 25.3 Å². The fraction of sp³-hybridized carbons (Fsp3) is 0.429. The molecule has 7 heteroatoms. The van der Waals surface area contributed by atoms with Gasteiger partial charge in [-0.15, -0.1) is 0 Å². The molecule has 2 aromatic rings. The Morgan fingerprint density at radius 2 is 2.10 bits per heavy atom. The zero-order valence-electron chi connectivity index (χ0n) is 11.2. The number of nitrogens with two attached hydrogens (primary N) is 1. The average Bonchev–Trinajstić information content (AvgIpc) is 2.89. The molecule has 3 rings (SSSR count). The number of halogens is 3. The Balaban J connectivity index is 1.87. The van der Waals surface area contributed by atoms with Crippen LogP contribution in [0.4, 0.5) is 8.78 Å². The van der Waals surface area contributed by atoms with E-state index in [4.69, 9.17) is 10.3 Å². The second-order valence-corrected chi connectivity index (χ2v) is 6.26. The largest absolute Gasteiger partial charge is 0.339 e. The molecule has 0 bridgehead atoms. The first-order valence-electron chi connectivity index (χ1n) is 6.71. The van der Waals surface area contributed by atoms with Gasteiger partial charge < -0.3 is 10.3 Å². The quantitative estimate of drug-likeness (QED) is 0.851. The van der Waals surface area contributed by atoms with E-state index in [1.165, 1.54) is 6.07 Å². The van der Waals surface area contributed by atoms with Crippen LogP contribution in [0, 0.1) is 17.0 Å². The predicted octanol–water partition coefficient (Wildman–Crippen LogP) is 3.45. The first-order valence-corrected chi connectivity index (χ1v) is 7.50. The zero-order valence-corrected chi connectivity index (χ0v) is 12.8. The minimum Gasteiger partial charge on any atom is -0.339 e. The van der Waals surface area contributed by atoms with Gasteiger partial charge in [-0.1, -0.05) is 11.6 Å². The molecule has 1 aromatic heterocycles. The molecule has 0 aliphatic heterocycles. The van der Waals surface area contributed by atoms with Crippen molar-refractivity contribution in [3.8, 4) is 11.4 Å². The number of nitrogens with zero attached hydrogens (tertiary/aromatic N) is 2. The van der Waals surface area contributed by atoms with Crippen molar-refractivity contribution >= 4 is 15.9 Å². The third kappa shape index (κ3) is 2.60. The highest BCUT2D eigenvalue weighted by atomic mass is 79.9. The lowest BCUT2D eigenvalue weighted by atomic mass is 9.67. The smallest absolute Gasteiger partial charge is 0.227 e. The minimum absolute atomic E-state index is 0.00738. The van der Waals surface area contributed by atoms with Crippen LogP contribution in [0.5, 0.6) is 0 Å². The van der Waals surface area contributed by atoms with Gasteiger partial charge in [-0.3, -0.25) is 0 Å². The molecular formula is C14H14BrF2N3O. The predicted molar refractivity (Wildman–Crippen MR) is 76.4 cm³/mol. The molecule has 1 fully saturated rings. The Hall–Kier alpha value is -1.34. The number of aromatic nitrogens is 2. The standard InChI is InChI=1S/C14H14BrF2N3O/c15-11-8(2-3-9(16)12(11)17)13-19-10(21-20-13)6-14(7-18)4-1-5-14/h2-3H,1,4-7,18H2. The molecule has 1 aromatic carbocycles. The van der Waals surface area contributed by atoms with Crippen LogP contribution in [-0.2, 0) is 6.42 Å². The van der Waals surface area contributed by atoms with Crippen LogP contribution in [0.1, 0.15) is 25.2 Å². The Morgan fingerprint density at radius 1 is 1.33 bits per heavy atom. The number of hydrogen-bond donors (Lipinski definition) is 1. The first kappa shape index (κ1) is 14.6. The summed E-state index contributed by atoms with van der Waals surface area (Å²) in [6, 6.07) is 2.46. The highest BCUT2D eigenvalue weighted by molar-refractivity contribution is 9.10. The van der Waals surface area contributed by atoms with Crippen molar-refractivity contribution in [2.24, 2.45) is 11.1 Å². The van der Waals surface area contributed by atoms with E-state index in [1.807, 2.05) is 0 Å². The molecular weight excluding hydrogens is 344 g/mol. The van der Waals surface area contributed by atoms with Gasteiger partial charge in [0.1, 0.15) is 0 Å². The Labute approximate surface area is 128 Å². The summed E-state index contributed by atoms with van der Waals surface area (Å²) in [5, 5.41) is 3.85. The molecule has 4 nitrogen and oxygen atoms in total. The molecule has 2 N–H and O–H groups in total. The van der Waals surface area contributed by atoms with Gasteiger partial charge in [0.15, 0.2) is 11.6 Å². The van der Waals surface area contributed by atoms with Crippen LogP contribution in [0.25, 0.3) is 11.4 Å². The molecule has 0 radical (unpaired) electrons. The summed E-state index contributed by atoms with van der Waals surface area (Å²) in [7, 11) is 0. The van der Waals surface area contributed by atoms with Crippen molar-refractivity contribution in [2.75, 3.05) is 6.54 Å². The molecule has 0 saturated heterocycles. The molecule has 0 atom stereocenters. The van der Waals surface area contributed by atoms with E-state index in [9.17, 15) is 8.78 Å². The van der Waals surface area contributed by atoms with Crippen molar-refractivity contribution in [2.45, 2.75) is 25.7 Å². The molecule has 0 amide bonds. The lowest BCUT2D eigenvalue weighted by Gasteiger charge is -2.39. The van der Waals surface area contributed by atoms with Gasteiger partial charge in [0, 0.05) is 12.0 Å². The maximum Gasteiger partial charge on any atom is 0.227 e. The van der Waals surface area contributed by atoms with Crippen LogP contribution >= 0.6 is 15.9 Å². The van der Waals surface area contributed by atoms with Gasteiger partial charge in [0.25, 0.3) is 0 Å². The molecule has 21 heavy (non-hydrogen) atoms. The minimum atomic E-state index is -0.962. The van der Waals surface area contributed by atoms with Crippen LogP contribution in [0.3, 0.4) is 0 Å². The maximum atomic E-state index is 13.5. The van der Waals surface area contributed by atoms with Crippen molar-refractivity contribution in [3.63, 3.8) is 0 Å². The van der Waals surface area contributed by atoms with E-state index in [1.54, 1.807) is 0 Å². The van der Waals surface area contributed by atoms with Crippen LogP contribution in [0.2, 0.25) is 0 Å². The van der Waals surface area contributed by atoms with Crippen molar-refractivity contribution in [1.29, 1.82) is 0 Å². The third-order valence-corrected chi connectivity index (χ3v) is 4.89. The molecule has 1 saturated carbocycles. The summed E-state index contributed by atoms with van der Waals surface area (Å²) in [5.74, 6) is -1.17. The average molecular weight is 358 g/mol. The van der Waals surface area contributed by atoms with E-state index < -0.39 is 11.6 Å². The van der Waals surface area contributed by atoms with Gasteiger partial charge in [-0.2, -0.15) is 4.98 Å². The number of benzene rings is 1. The number of hydrogen-bond acceptors (Lipinski definition) is 4. The summed E-state index contributed by atoms with van der Waals surface area (Å²) in [6.45, 7) is 0.583. The summed E-state index contributed by atoms with van der Waals surface area (Å²) >= 11 is 3.02. The van der Waals surface area contributed by atoms with E-state index in [-0.39, 0.29) is 15.7 Å². The topological polar surface area (TPSA) is 64.9 Å². The van der Waals surface area contributed by atoms with E-state index in [2.05, 4.69) is 26.1 Å². The molecule has 1 heterocycles. The summed E-state index contributed by atoms with van der Waals surface area (Å²) in [4.78, 5) is 4.27. The second-order valence-electron chi connectivity index (χ2n) is 5.47. The van der Waals surface area contributed by atoms with Gasteiger partial charge in [-0.05, 0) is 52.9 Å². The van der Waals surface area contributed by atoms with Crippen LogP contribution < -0.4 is 5.73 Å². The Kier molecular flexibility index (Phi) is 3.79. The van der Waals surface area contributed by atoms with Gasteiger partial charge in [-0.25, -0.2) is 8.78 Å². The molecule has 1 aliphatic carbocycles. The van der Waals surface area contributed by atoms with E-state index >= 15 is 0 Å². The first-order chi connectivity index (χ1) is 10.0. The van der Waals surface area contributed by atoms with E-state index in [0.29, 0.717) is 24.4 Å². The van der Waals surface area contributed by atoms with Gasteiger partial charge in [0.05, 0.1) is 4.47 Å². The van der Waals surface area contributed by atoms with Crippen molar-refractivity contribution in [1.82, 2.24) is 10.1 Å². The van der Waals surface area contributed by atoms with Crippen LogP contribution in [-0.4, -0.2) is 16.7 Å². The van der Waals surface area contributed by atoms with Crippen molar-refractivity contribution in [3.05, 3.63) is 34.1 Å². The lowest BCUT2D eigenvalue weighted by molar-refractivity contribution is 0.129. The number of rotatable bonds is 4. The molecule has 0 spiro atoms. The highest BCUT2D eigenvalue weighted by Gasteiger charge is 2.37. The maximum absolute atomic E-state index is 13.5. The molecule has 1 aliphatic rings. The van der Waals surface area contributed by atoms with Gasteiger partial charge >= 0.3 is 0 Å². The Morgan fingerprint density at radius 3 is 2.71 bits per heavy atom. The summed E-state index contributed by atoms with van der Waals surface area (Å²) in [5.41, 5.74) is 6.22. The third-order valence-electron chi connectivity index (χ3n) is 4.12. The zero-order chi connectivity index (χ0) is 15.0. The van der Waals surface area contributed by atoms with Crippen molar-refractivity contribution < 1.29 is 13.3 Å². The molecule has 112 valence electrons. The summed E-state index contributed by atoms with van der Waals surface area (Å²) in [6.07, 6.45) is 3.89.